The number of aromatic nitrogens is 2. The first-order valence-corrected chi connectivity index (χ1v) is 10.5. The van der Waals surface area contributed by atoms with Crippen molar-refractivity contribution in [1.82, 2.24) is 25.1 Å². The lowest BCUT2D eigenvalue weighted by molar-refractivity contribution is -0.149. The highest BCUT2D eigenvalue weighted by atomic mass is 16.5. The molecule has 0 aromatic carbocycles. The number of amides is 1. The smallest absolute Gasteiger partial charge is 0.325 e. The van der Waals surface area contributed by atoms with Crippen molar-refractivity contribution in [2.45, 2.75) is 32.7 Å². The fourth-order valence-corrected chi connectivity index (χ4v) is 3.64. The Morgan fingerprint density at radius 2 is 2.07 bits per heavy atom. The van der Waals surface area contributed by atoms with Gasteiger partial charge in [-0.15, -0.1) is 0 Å². The summed E-state index contributed by atoms with van der Waals surface area (Å²) in [4.78, 5) is 39.9. The van der Waals surface area contributed by atoms with Gasteiger partial charge >= 0.3 is 5.97 Å². The molecule has 160 valence electrons. The highest BCUT2D eigenvalue weighted by Crippen LogP contribution is 2.16. The molecule has 1 aromatic rings. The molecule has 9 heteroatoms. The van der Waals surface area contributed by atoms with Crippen molar-refractivity contribution in [3.05, 3.63) is 17.5 Å². The van der Waals surface area contributed by atoms with Gasteiger partial charge in [-0.25, -0.2) is 9.97 Å². The fraction of sp³-hybridized carbons (Fsp3) is 0.700. The maximum Gasteiger partial charge on any atom is 0.325 e. The summed E-state index contributed by atoms with van der Waals surface area (Å²) < 4.78 is 5.03. The van der Waals surface area contributed by atoms with E-state index in [1.807, 2.05) is 13.2 Å². The van der Waals surface area contributed by atoms with Gasteiger partial charge in [-0.3, -0.25) is 9.59 Å². The van der Waals surface area contributed by atoms with E-state index in [4.69, 9.17) is 9.72 Å². The van der Waals surface area contributed by atoms with E-state index in [1.165, 1.54) is 5.56 Å². The summed E-state index contributed by atoms with van der Waals surface area (Å²) in [6.45, 7) is 7.41. The van der Waals surface area contributed by atoms with E-state index in [0.29, 0.717) is 26.1 Å². The number of fused-ring (bicyclic) bond motifs is 1. The molecule has 2 aliphatic heterocycles. The summed E-state index contributed by atoms with van der Waals surface area (Å²) in [5, 5.41) is 3.34. The van der Waals surface area contributed by atoms with Crippen LogP contribution >= 0.6 is 0 Å². The minimum Gasteiger partial charge on any atom is -0.465 e. The third-order valence-electron chi connectivity index (χ3n) is 5.37. The number of nitrogens with zero attached hydrogens (tertiary/aromatic N) is 5. The second-order valence-corrected chi connectivity index (χ2v) is 7.58. The molecular formula is C20H32N6O3. The van der Waals surface area contributed by atoms with Crippen LogP contribution in [-0.2, 0) is 27.3 Å². The number of carbonyl (C=O) groups excluding carboxylic acids is 2. The summed E-state index contributed by atoms with van der Waals surface area (Å²) >= 11 is 0. The number of nitrogens with one attached hydrogen (secondary N) is 1. The van der Waals surface area contributed by atoms with Gasteiger partial charge in [0.05, 0.1) is 12.3 Å². The highest BCUT2D eigenvalue weighted by molar-refractivity contribution is 5.82. The molecule has 9 nitrogen and oxygen atoms in total. The zero-order valence-corrected chi connectivity index (χ0v) is 17.5. The van der Waals surface area contributed by atoms with Gasteiger partial charge < -0.3 is 24.8 Å². The second-order valence-electron chi connectivity index (χ2n) is 7.58. The van der Waals surface area contributed by atoms with Crippen LogP contribution in [0.5, 0.6) is 0 Å². The Hall–Kier alpha value is -2.26. The number of esters is 1. The van der Waals surface area contributed by atoms with E-state index >= 15 is 0 Å². The highest BCUT2D eigenvalue weighted by Gasteiger charge is 2.21. The minimum absolute atomic E-state index is 0.00381. The van der Waals surface area contributed by atoms with Gasteiger partial charge in [-0.1, -0.05) is 0 Å². The molecule has 0 unspecified atom stereocenters. The van der Waals surface area contributed by atoms with Gasteiger partial charge in [0, 0.05) is 70.4 Å². The van der Waals surface area contributed by atoms with Crippen LogP contribution in [-0.4, -0.2) is 91.1 Å². The van der Waals surface area contributed by atoms with Crippen LogP contribution in [0.3, 0.4) is 0 Å². The fourth-order valence-electron chi connectivity index (χ4n) is 3.64. The first kappa shape index (κ1) is 21.4. The van der Waals surface area contributed by atoms with Crippen LogP contribution in [0.2, 0.25) is 0 Å². The van der Waals surface area contributed by atoms with Crippen molar-refractivity contribution in [3.8, 4) is 0 Å². The molecular weight excluding hydrogens is 372 g/mol. The summed E-state index contributed by atoms with van der Waals surface area (Å²) in [6, 6.07) is 0. The Bertz CT molecular complexity index is 713. The van der Waals surface area contributed by atoms with Gasteiger partial charge in [-0.05, 0) is 20.4 Å². The van der Waals surface area contributed by atoms with E-state index in [-0.39, 0.29) is 18.4 Å². The number of ether oxygens (including phenoxy) is 1. The number of carbonyl (C=O) groups is 2. The number of anilines is 1. The molecule has 1 N–H and O–H groups in total. The van der Waals surface area contributed by atoms with Crippen LogP contribution in [0.4, 0.5) is 5.95 Å². The molecule has 3 heterocycles. The van der Waals surface area contributed by atoms with Crippen molar-refractivity contribution in [2.75, 3.05) is 64.4 Å². The topological polar surface area (TPSA) is 90.9 Å². The van der Waals surface area contributed by atoms with Gasteiger partial charge in [0.1, 0.15) is 6.54 Å². The molecule has 0 bridgehead atoms. The van der Waals surface area contributed by atoms with Crippen molar-refractivity contribution in [2.24, 2.45) is 0 Å². The number of rotatable bonds is 4. The molecule has 1 saturated heterocycles. The standard InChI is InChI=1S/C20H32N6O3/c1-3-29-19(28)15-26-9-4-8-25(12-11-24(2)10-6-18(26)27)20-22-14-16-13-21-7-5-17(16)23-20/h14,21H,3-13,15H2,1-2H3. The predicted molar refractivity (Wildman–Crippen MR) is 110 cm³/mol. The number of likely N-dealkylation sites (N-methyl/N-ethyl adjacent to an activating group) is 1. The van der Waals surface area contributed by atoms with E-state index < -0.39 is 0 Å². The van der Waals surface area contributed by atoms with Crippen molar-refractivity contribution in [3.63, 3.8) is 0 Å². The molecule has 0 aliphatic carbocycles. The summed E-state index contributed by atoms with van der Waals surface area (Å²) in [5.74, 6) is 0.394. The maximum atomic E-state index is 12.6. The van der Waals surface area contributed by atoms with Crippen LogP contribution in [0.25, 0.3) is 0 Å². The normalized spacial score (nSPS) is 19.4. The third-order valence-corrected chi connectivity index (χ3v) is 5.37. The van der Waals surface area contributed by atoms with Gasteiger partial charge in [0.25, 0.3) is 0 Å². The summed E-state index contributed by atoms with van der Waals surface area (Å²) in [5.41, 5.74) is 2.29. The Morgan fingerprint density at radius 1 is 1.21 bits per heavy atom. The molecule has 29 heavy (non-hydrogen) atoms. The lowest BCUT2D eigenvalue weighted by Gasteiger charge is -2.27. The van der Waals surface area contributed by atoms with Crippen LogP contribution in [0, 0.1) is 0 Å². The molecule has 1 aromatic heterocycles. The quantitative estimate of drug-likeness (QED) is 0.704. The monoisotopic (exact) mass is 404 g/mol. The van der Waals surface area contributed by atoms with Crippen LogP contribution < -0.4 is 10.2 Å². The largest absolute Gasteiger partial charge is 0.465 e. The minimum atomic E-state index is -0.354. The molecule has 0 spiro atoms. The zero-order chi connectivity index (χ0) is 20.6. The number of hydrogen-bond acceptors (Lipinski definition) is 8. The van der Waals surface area contributed by atoms with E-state index in [1.54, 1.807) is 11.8 Å². The average Bonchev–Trinajstić information content (AvgIpc) is 2.75. The first-order valence-electron chi connectivity index (χ1n) is 10.5. The second kappa shape index (κ2) is 10.5. The van der Waals surface area contributed by atoms with Crippen LogP contribution in [0.15, 0.2) is 6.20 Å². The van der Waals surface area contributed by atoms with Crippen molar-refractivity contribution in [1.29, 1.82) is 0 Å². The molecule has 3 rings (SSSR count). The van der Waals surface area contributed by atoms with Crippen molar-refractivity contribution >= 4 is 17.8 Å². The summed E-state index contributed by atoms with van der Waals surface area (Å²) in [6.07, 6.45) is 3.99. The van der Waals surface area contributed by atoms with Gasteiger partial charge in [-0.2, -0.15) is 0 Å². The van der Waals surface area contributed by atoms with Crippen LogP contribution in [0.1, 0.15) is 31.0 Å². The molecule has 1 amide bonds. The average molecular weight is 405 g/mol. The third kappa shape index (κ3) is 6.11. The number of hydrogen-bond donors (Lipinski definition) is 1. The SMILES string of the molecule is CCOC(=O)CN1CCCN(c2ncc3c(n2)CCNC3)CCN(C)CCC1=O. The lowest BCUT2D eigenvalue weighted by atomic mass is 10.1. The van der Waals surface area contributed by atoms with Gasteiger partial charge in [0.2, 0.25) is 11.9 Å². The molecule has 1 fully saturated rings. The Labute approximate surface area is 172 Å². The zero-order valence-electron chi connectivity index (χ0n) is 17.5. The first-order chi connectivity index (χ1) is 14.1. The Kier molecular flexibility index (Phi) is 7.76. The lowest BCUT2D eigenvalue weighted by Crippen LogP contribution is -2.39. The van der Waals surface area contributed by atoms with E-state index in [0.717, 1.165) is 57.2 Å². The maximum absolute atomic E-state index is 12.6. The van der Waals surface area contributed by atoms with Crippen molar-refractivity contribution < 1.29 is 14.3 Å². The molecule has 0 atom stereocenters. The molecule has 0 saturated carbocycles. The predicted octanol–water partition coefficient (Wildman–Crippen LogP) is 0.0460. The Balaban J connectivity index is 1.70. The molecule has 0 radical (unpaired) electrons. The van der Waals surface area contributed by atoms with E-state index in [2.05, 4.69) is 20.1 Å². The Morgan fingerprint density at radius 3 is 2.90 bits per heavy atom. The molecule has 2 aliphatic rings. The van der Waals surface area contributed by atoms with Gasteiger partial charge in [0.15, 0.2) is 0 Å². The summed E-state index contributed by atoms with van der Waals surface area (Å²) in [7, 11) is 2.01. The van der Waals surface area contributed by atoms with E-state index in [9.17, 15) is 9.59 Å².